The maximum Gasteiger partial charge on any atom is 0.266 e. The molecule has 144 valence electrons. The molecule has 1 atom stereocenters. The number of aromatic nitrogens is 3. The van der Waals surface area contributed by atoms with Gasteiger partial charge in [-0.25, -0.2) is 23.1 Å². The molecule has 28 heavy (non-hydrogen) atoms. The maximum absolute atomic E-state index is 14.3. The fraction of sp³-hybridized carbons (Fsp3) is 0.350. The number of hydrogen-bond acceptors (Lipinski definition) is 4. The Hall–Kier alpha value is -2.90. The Labute approximate surface area is 158 Å². The van der Waals surface area contributed by atoms with Crippen LogP contribution in [0.4, 0.5) is 19.0 Å². The van der Waals surface area contributed by atoms with Crippen LogP contribution in [0.1, 0.15) is 42.9 Å². The lowest BCUT2D eigenvalue weighted by atomic mass is 10.1. The Morgan fingerprint density at radius 2 is 2.11 bits per heavy atom. The van der Waals surface area contributed by atoms with Gasteiger partial charge in [-0.1, -0.05) is 18.2 Å². The highest BCUT2D eigenvalue weighted by atomic mass is 19.3. The number of pyridine rings is 1. The fourth-order valence-electron chi connectivity index (χ4n) is 3.93. The SMILES string of the molecule is O=c1cc2ncnc(NCc3cccc(C(F)F)c3F)c2cn1C1CC12CC2. The molecule has 1 spiro atoms. The molecule has 5 nitrogen and oxygen atoms in total. The number of anilines is 1. The third-order valence-corrected chi connectivity index (χ3v) is 5.86. The van der Waals surface area contributed by atoms with Crippen LogP contribution in [0.3, 0.4) is 0 Å². The largest absolute Gasteiger partial charge is 0.365 e. The van der Waals surface area contributed by atoms with Crippen molar-refractivity contribution in [3.8, 4) is 0 Å². The number of benzene rings is 1. The van der Waals surface area contributed by atoms with Gasteiger partial charge in [0.15, 0.2) is 0 Å². The fourth-order valence-corrected chi connectivity index (χ4v) is 3.93. The summed E-state index contributed by atoms with van der Waals surface area (Å²) in [6.07, 6.45) is 3.52. The summed E-state index contributed by atoms with van der Waals surface area (Å²) >= 11 is 0. The Morgan fingerprint density at radius 3 is 2.82 bits per heavy atom. The molecule has 0 amide bonds. The molecule has 2 aliphatic rings. The van der Waals surface area contributed by atoms with E-state index in [1.54, 1.807) is 10.8 Å². The van der Waals surface area contributed by atoms with Gasteiger partial charge >= 0.3 is 0 Å². The summed E-state index contributed by atoms with van der Waals surface area (Å²) in [6.45, 7) is -0.00893. The zero-order valence-corrected chi connectivity index (χ0v) is 14.8. The highest BCUT2D eigenvalue weighted by Gasteiger charge is 2.63. The molecule has 2 fully saturated rings. The van der Waals surface area contributed by atoms with Crippen molar-refractivity contribution < 1.29 is 13.2 Å². The van der Waals surface area contributed by atoms with Gasteiger partial charge in [-0.2, -0.15) is 0 Å². The summed E-state index contributed by atoms with van der Waals surface area (Å²) in [5.74, 6) is -0.486. The minimum Gasteiger partial charge on any atom is -0.365 e. The molecule has 1 unspecified atom stereocenters. The van der Waals surface area contributed by atoms with E-state index in [-0.39, 0.29) is 23.7 Å². The average Bonchev–Trinajstić information content (AvgIpc) is 3.59. The van der Waals surface area contributed by atoms with Crippen LogP contribution in [0.2, 0.25) is 0 Å². The minimum atomic E-state index is -2.87. The predicted octanol–water partition coefficient (Wildman–Crippen LogP) is 4.21. The van der Waals surface area contributed by atoms with Crippen molar-refractivity contribution in [2.24, 2.45) is 5.41 Å². The molecular weight excluding hydrogens is 369 g/mol. The number of rotatable bonds is 5. The maximum atomic E-state index is 14.3. The predicted molar refractivity (Wildman–Crippen MR) is 97.8 cm³/mol. The molecule has 1 N–H and O–H groups in total. The smallest absolute Gasteiger partial charge is 0.266 e. The number of alkyl halides is 2. The molecule has 2 heterocycles. The molecule has 2 aromatic heterocycles. The van der Waals surface area contributed by atoms with E-state index in [0.29, 0.717) is 22.1 Å². The first-order chi connectivity index (χ1) is 13.5. The summed E-state index contributed by atoms with van der Waals surface area (Å²) in [6, 6.07) is 5.63. The first kappa shape index (κ1) is 17.2. The van der Waals surface area contributed by atoms with Gasteiger partial charge < -0.3 is 9.88 Å². The molecule has 0 saturated heterocycles. The average molecular weight is 386 g/mol. The van der Waals surface area contributed by atoms with E-state index in [2.05, 4.69) is 15.3 Å². The molecule has 0 aliphatic heterocycles. The summed E-state index contributed by atoms with van der Waals surface area (Å²) < 4.78 is 41.8. The van der Waals surface area contributed by atoms with Crippen molar-refractivity contribution in [1.29, 1.82) is 0 Å². The number of nitrogens with zero attached hydrogens (tertiary/aromatic N) is 3. The molecule has 3 aromatic rings. The number of nitrogens with one attached hydrogen (secondary N) is 1. The summed E-state index contributed by atoms with van der Waals surface area (Å²) in [5.41, 5.74) is 0.202. The van der Waals surface area contributed by atoms with Gasteiger partial charge in [-0.05, 0) is 24.7 Å². The Kier molecular flexibility index (Phi) is 3.72. The van der Waals surface area contributed by atoms with Crippen LogP contribution < -0.4 is 10.9 Å². The number of halogens is 3. The molecule has 1 aromatic carbocycles. The monoisotopic (exact) mass is 386 g/mol. The molecule has 2 aliphatic carbocycles. The Morgan fingerprint density at radius 1 is 1.29 bits per heavy atom. The van der Waals surface area contributed by atoms with Gasteiger partial charge in [0.2, 0.25) is 0 Å². The van der Waals surface area contributed by atoms with E-state index < -0.39 is 17.8 Å². The third kappa shape index (κ3) is 2.75. The molecule has 0 bridgehead atoms. The standard InChI is InChI=1S/C20H17F3N4O/c21-17-11(2-1-3-12(17)18(22)23)8-24-19-13-9-27(15-7-20(15)4-5-20)16(28)6-14(13)25-10-26-19/h1-3,6,9-10,15,18H,4-5,7-8H2,(H,24,25,26). The van der Waals surface area contributed by atoms with Crippen LogP contribution in [-0.2, 0) is 6.54 Å². The van der Waals surface area contributed by atoms with E-state index in [1.807, 2.05) is 0 Å². The van der Waals surface area contributed by atoms with Crippen molar-refractivity contribution in [2.75, 3.05) is 5.32 Å². The van der Waals surface area contributed by atoms with Gasteiger partial charge in [0.1, 0.15) is 18.0 Å². The first-order valence-corrected chi connectivity index (χ1v) is 9.15. The van der Waals surface area contributed by atoms with Gasteiger partial charge in [0.05, 0.1) is 16.5 Å². The van der Waals surface area contributed by atoms with E-state index in [1.165, 1.54) is 24.5 Å². The zero-order chi connectivity index (χ0) is 19.5. The van der Waals surface area contributed by atoms with E-state index in [0.717, 1.165) is 25.3 Å². The van der Waals surface area contributed by atoms with Crippen LogP contribution >= 0.6 is 0 Å². The second-order valence-corrected chi connectivity index (χ2v) is 7.60. The topological polar surface area (TPSA) is 59.8 Å². The van der Waals surface area contributed by atoms with Crippen LogP contribution in [-0.4, -0.2) is 14.5 Å². The summed E-state index contributed by atoms with van der Waals surface area (Å²) in [7, 11) is 0. The van der Waals surface area contributed by atoms with Crippen molar-refractivity contribution in [2.45, 2.75) is 38.3 Å². The van der Waals surface area contributed by atoms with Gasteiger partial charge in [0, 0.05) is 30.4 Å². The van der Waals surface area contributed by atoms with E-state index >= 15 is 0 Å². The summed E-state index contributed by atoms with van der Waals surface area (Å²) in [4.78, 5) is 20.8. The van der Waals surface area contributed by atoms with Crippen molar-refractivity contribution in [1.82, 2.24) is 14.5 Å². The second kappa shape index (κ2) is 6.05. The second-order valence-electron chi connectivity index (χ2n) is 7.60. The van der Waals surface area contributed by atoms with Crippen LogP contribution in [0.15, 0.2) is 41.6 Å². The first-order valence-electron chi connectivity index (χ1n) is 9.15. The lowest BCUT2D eigenvalue weighted by Crippen LogP contribution is -2.19. The normalized spacial score (nSPS) is 19.4. The van der Waals surface area contributed by atoms with Gasteiger partial charge in [-0.3, -0.25) is 4.79 Å². The molecule has 8 heteroatoms. The molecule has 5 rings (SSSR count). The number of fused-ring (bicyclic) bond motifs is 1. The Bertz CT molecular complexity index is 1140. The van der Waals surface area contributed by atoms with Crippen molar-refractivity contribution >= 4 is 16.7 Å². The summed E-state index contributed by atoms with van der Waals surface area (Å²) in [5, 5.41) is 3.65. The molecular formula is C20H17F3N4O. The number of hydrogen-bond donors (Lipinski definition) is 1. The Balaban J connectivity index is 1.47. The third-order valence-electron chi connectivity index (χ3n) is 5.86. The lowest BCUT2D eigenvalue weighted by molar-refractivity contribution is 0.146. The molecule has 0 radical (unpaired) electrons. The highest BCUT2D eigenvalue weighted by Crippen LogP contribution is 2.72. The van der Waals surface area contributed by atoms with Crippen LogP contribution in [0.25, 0.3) is 10.9 Å². The van der Waals surface area contributed by atoms with Gasteiger partial charge in [0.25, 0.3) is 12.0 Å². The van der Waals surface area contributed by atoms with Crippen molar-refractivity contribution in [3.63, 3.8) is 0 Å². The zero-order valence-electron chi connectivity index (χ0n) is 14.8. The highest BCUT2D eigenvalue weighted by molar-refractivity contribution is 5.87. The quantitative estimate of drug-likeness (QED) is 0.714. The minimum absolute atomic E-state index is 0.00893. The van der Waals surface area contributed by atoms with Crippen molar-refractivity contribution in [3.05, 3.63) is 64.1 Å². The van der Waals surface area contributed by atoms with E-state index in [4.69, 9.17) is 0 Å². The van der Waals surface area contributed by atoms with Gasteiger partial charge in [-0.15, -0.1) is 0 Å². The lowest BCUT2D eigenvalue weighted by Gasteiger charge is -2.12. The van der Waals surface area contributed by atoms with Crippen LogP contribution in [0, 0.1) is 11.2 Å². The van der Waals surface area contributed by atoms with E-state index in [9.17, 15) is 18.0 Å². The van der Waals surface area contributed by atoms with Crippen LogP contribution in [0.5, 0.6) is 0 Å². The molecule has 2 saturated carbocycles.